The van der Waals surface area contributed by atoms with Gasteiger partial charge < -0.3 is 9.47 Å². The average Bonchev–Trinajstić information content (AvgIpc) is 3.19. The SMILES string of the molecule is Cc1nccn1CC[C@H]1CCCCN1C(=O)CCn1cc(Cl)cn1. The summed E-state index contributed by atoms with van der Waals surface area (Å²) in [7, 11) is 0. The third-order valence-electron chi connectivity index (χ3n) is 4.73. The molecule has 0 saturated carbocycles. The number of halogens is 1. The fourth-order valence-corrected chi connectivity index (χ4v) is 3.53. The summed E-state index contributed by atoms with van der Waals surface area (Å²) >= 11 is 5.86. The van der Waals surface area contributed by atoms with E-state index >= 15 is 0 Å². The van der Waals surface area contributed by atoms with Crippen LogP contribution in [0, 0.1) is 6.92 Å². The molecule has 0 spiro atoms. The van der Waals surface area contributed by atoms with E-state index in [-0.39, 0.29) is 5.91 Å². The van der Waals surface area contributed by atoms with Crippen LogP contribution in [-0.2, 0) is 17.9 Å². The fraction of sp³-hybridized carbons (Fsp3) is 0.588. The van der Waals surface area contributed by atoms with Crippen molar-refractivity contribution < 1.29 is 4.79 Å². The second kappa shape index (κ2) is 7.83. The molecular weight excluding hydrogens is 326 g/mol. The summed E-state index contributed by atoms with van der Waals surface area (Å²) in [5, 5.41) is 4.74. The second-order valence-corrected chi connectivity index (χ2v) is 6.80. The van der Waals surface area contributed by atoms with Gasteiger partial charge in [0.15, 0.2) is 0 Å². The van der Waals surface area contributed by atoms with Crippen LogP contribution in [0.4, 0.5) is 0 Å². The van der Waals surface area contributed by atoms with Crippen molar-refractivity contribution >= 4 is 17.5 Å². The Hall–Kier alpha value is -1.82. The Morgan fingerprint density at radius 3 is 2.96 bits per heavy atom. The van der Waals surface area contributed by atoms with Gasteiger partial charge in [-0.2, -0.15) is 5.10 Å². The van der Waals surface area contributed by atoms with Crippen LogP contribution in [0.25, 0.3) is 0 Å². The number of amides is 1. The maximum absolute atomic E-state index is 12.6. The predicted octanol–water partition coefficient (Wildman–Crippen LogP) is 2.90. The van der Waals surface area contributed by atoms with E-state index in [1.165, 1.54) is 6.42 Å². The zero-order chi connectivity index (χ0) is 16.9. The minimum atomic E-state index is 0.216. The van der Waals surface area contributed by atoms with Crippen molar-refractivity contribution in [2.75, 3.05) is 6.54 Å². The first kappa shape index (κ1) is 17.0. The number of carbonyl (C=O) groups is 1. The highest BCUT2D eigenvalue weighted by atomic mass is 35.5. The molecule has 1 aliphatic rings. The smallest absolute Gasteiger partial charge is 0.224 e. The normalized spacial score (nSPS) is 18.1. The number of rotatable bonds is 6. The van der Waals surface area contributed by atoms with Gasteiger partial charge in [-0.3, -0.25) is 9.48 Å². The number of hydrogen-bond acceptors (Lipinski definition) is 3. The maximum atomic E-state index is 12.6. The highest BCUT2D eigenvalue weighted by Gasteiger charge is 2.26. The Morgan fingerprint density at radius 1 is 1.38 bits per heavy atom. The quantitative estimate of drug-likeness (QED) is 0.805. The third kappa shape index (κ3) is 4.17. The van der Waals surface area contributed by atoms with Crippen LogP contribution in [0.1, 0.15) is 37.9 Å². The number of hydrogen-bond donors (Lipinski definition) is 0. The summed E-state index contributed by atoms with van der Waals surface area (Å²) in [6.07, 6.45) is 12.0. The summed E-state index contributed by atoms with van der Waals surface area (Å²) in [4.78, 5) is 19.0. The molecule has 3 rings (SSSR count). The molecule has 1 aliphatic heterocycles. The molecule has 2 aromatic rings. The van der Waals surface area contributed by atoms with Crippen LogP contribution in [-0.4, -0.2) is 42.7 Å². The first-order valence-electron chi connectivity index (χ1n) is 8.58. The molecule has 3 heterocycles. The van der Waals surface area contributed by atoms with Crippen molar-refractivity contribution in [3.63, 3.8) is 0 Å². The summed E-state index contributed by atoms with van der Waals surface area (Å²) in [5.41, 5.74) is 0. The third-order valence-corrected chi connectivity index (χ3v) is 4.93. The van der Waals surface area contributed by atoms with Crippen LogP contribution in [0.3, 0.4) is 0 Å². The molecule has 0 aliphatic carbocycles. The van der Waals surface area contributed by atoms with Gasteiger partial charge in [0, 0.05) is 50.7 Å². The van der Waals surface area contributed by atoms with Gasteiger partial charge in [-0.1, -0.05) is 11.6 Å². The molecule has 24 heavy (non-hydrogen) atoms. The van der Waals surface area contributed by atoms with Crippen molar-refractivity contribution in [2.24, 2.45) is 0 Å². The van der Waals surface area contributed by atoms with Gasteiger partial charge >= 0.3 is 0 Å². The molecule has 1 fully saturated rings. The molecule has 0 unspecified atom stereocenters. The van der Waals surface area contributed by atoms with Gasteiger partial charge in [0.25, 0.3) is 0 Å². The predicted molar refractivity (Wildman–Crippen MR) is 92.8 cm³/mol. The first-order chi connectivity index (χ1) is 11.6. The van der Waals surface area contributed by atoms with E-state index in [1.807, 2.05) is 19.3 Å². The van der Waals surface area contributed by atoms with E-state index in [9.17, 15) is 4.79 Å². The molecule has 7 heteroatoms. The van der Waals surface area contributed by atoms with Crippen LogP contribution in [0.15, 0.2) is 24.8 Å². The second-order valence-electron chi connectivity index (χ2n) is 6.36. The molecule has 0 radical (unpaired) electrons. The van der Waals surface area contributed by atoms with Gasteiger partial charge in [-0.25, -0.2) is 4.98 Å². The van der Waals surface area contributed by atoms with Crippen molar-refractivity contribution in [1.29, 1.82) is 0 Å². The minimum absolute atomic E-state index is 0.216. The first-order valence-corrected chi connectivity index (χ1v) is 8.96. The lowest BCUT2D eigenvalue weighted by atomic mass is 9.98. The number of aromatic nitrogens is 4. The van der Waals surface area contributed by atoms with E-state index < -0.39 is 0 Å². The summed E-state index contributed by atoms with van der Waals surface area (Å²) in [6.45, 7) is 4.37. The van der Waals surface area contributed by atoms with Crippen LogP contribution in [0.5, 0.6) is 0 Å². The summed E-state index contributed by atoms with van der Waals surface area (Å²) < 4.78 is 3.89. The Balaban J connectivity index is 1.54. The molecule has 2 aromatic heterocycles. The van der Waals surface area contributed by atoms with E-state index in [0.717, 1.165) is 38.2 Å². The van der Waals surface area contributed by atoms with Crippen molar-refractivity contribution in [1.82, 2.24) is 24.2 Å². The lowest BCUT2D eigenvalue weighted by Crippen LogP contribution is -2.44. The standard InChI is InChI=1S/C17H24ClN5O/c1-14-19-7-11-21(14)9-5-16-4-2-3-8-23(16)17(24)6-10-22-13-15(18)12-20-22/h7,11-13,16H,2-6,8-10H2,1H3/t16-/m1/s1. The van der Waals surface area contributed by atoms with Gasteiger partial charge in [-0.05, 0) is 32.6 Å². The Kier molecular flexibility index (Phi) is 5.56. The van der Waals surface area contributed by atoms with Crippen LogP contribution >= 0.6 is 11.6 Å². The molecule has 0 aromatic carbocycles. The number of imidazole rings is 1. The largest absolute Gasteiger partial charge is 0.340 e. The lowest BCUT2D eigenvalue weighted by Gasteiger charge is -2.36. The number of aryl methyl sites for hydroxylation is 3. The molecular formula is C17H24ClN5O. The van der Waals surface area contributed by atoms with Gasteiger partial charge in [0.1, 0.15) is 5.82 Å². The monoisotopic (exact) mass is 349 g/mol. The molecule has 130 valence electrons. The van der Waals surface area contributed by atoms with Crippen LogP contribution in [0.2, 0.25) is 5.02 Å². The molecule has 0 N–H and O–H groups in total. The zero-order valence-corrected chi connectivity index (χ0v) is 14.8. The molecule has 1 atom stereocenters. The molecule has 1 saturated heterocycles. The van der Waals surface area contributed by atoms with E-state index in [2.05, 4.69) is 19.5 Å². The highest BCUT2D eigenvalue weighted by molar-refractivity contribution is 6.30. The maximum Gasteiger partial charge on any atom is 0.224 e. The van der Waals surface area contributed by atoms with Crippen molar-refractivity contribution in [2.45, 2.75) is 58.2 Å². The summed E-state index contributed by atoms with van der Waals surface area (Å²) in [5.74, 6) is 1.24. The zero-order valence-electron chi connectivity index (χ0n) is 14.1. The molecule has 1 amide bonds. The Bertz CT molecular complexity index is 680. The van der Waals surface area contributed by atoms with E-state index in [1.54, 1.807) is 17.1 Å². The topological polar surface area (TPSA) is 56.0 Å². The number of likely N-dealkylation sites (tertiary alicyclic amines) is 1. The van der Waals surface area contributed by atoms with E-state index in [0.29, 0.717) is 24.0 Å². The summed E-state index contributed by atoms with van der Waals surface area (Å²) in [6, 6.07) is 0.328. The average molecular weight is 350 g/mol. The molecule has 6 nitrogen and oxygen atoms in total. The number of carbonyl (C=O) groups excluding carboxylic acids is 1. The Labute approximate surface area is 147 Å². The van der Waals surface area contributed by atoms with Gasteiger partial charge in [0.2, 0.25) is 5.91 Å². The van der Waals surface area contributed by atoms with Crippen molar-refractivity contribution in [3.8, 4) is 0 Å². The fourth-order valence-electron chi connectivity index (χ4n) is 3.37. The lowest BCUT2D eigenvalue weighted by molar-refractivity contribution is -0.135. The molecule has 0 bridgehead atoms. The Morgan fingerprint density at radius 2 is 2.25 bits per heavy atom. The number of nitrogens with zero attached hydrogens (tertiary/aromatic N) is 5. The number of piperidine rings is 1. The van der Waals surface area contributed by atoms with Crippen LogP contribution < -0.4 is 0 Å². The van der Waals surface area contributed by atoms with Gasteiger partial charge in [-0.15, -0.1) is 0 Å². The highest BCUT2D eigenvalue weighted by Crippen LogP contribution is 2.21. The van der Waals surface area contributed by atoms with Crippen molar-refractivity contribution in [3.05, 3.63) is 35.6 Å². The van der Waals surface area contributed by atoms with E-state index in [4.69, 9.17) is 11.6 Å². The minimum Gasteiger partial charge on any atom is -0.340 e. The van der Waals surface area contributed by atoms with Gasteiger partial charge in [0.05, 0.1) is 11.2 Å².